The highest BCUT2D eigenvalue weighted by atomic mass is 16.6. The molecular weight excluding hydrogens is 492 g/mol. The monoisotopic (exact) mass is 528 g/mol. The van der Waals surface area contributed by atoms with Crippen LogP contribution in [-0.4, -0.2) is 83.7 Å². The third-order valence-electron chi connectivity index (χ3n) is 10.1. The molecule has 9 nitrogen and oxygen atoms in total. The van der Waals surface area contributed by atoms with E-state index in [4.69, 9.17) is 23.7 Å². The zero-order valence-corrected chi connectivity index (χ0v) is 22.1. The highest BCUT2D eigenvalue weighted by Gasteiger charge is 2.83. The van der Waals surface area contributed by atoms with Crippen molar-refractivity contribution in [3.8, 4) is 0 Å². The van der Waals surface area contributed by atoms with Crippen LogP contribution in [0.4, 0.5) is 0 Å². The van der Waals surface area contributed by atoms with Crippen LogP contribution in [0.15, 0.2) is 47.6 Å². The summed E-state index contributed by atoms with van der Waals surface area (Å²) in [5, 5.41) is 21.7. The molecule has 4 heterocycles. The van der Waals surface area contributed by atoms with Gasteiger partial charge in [-0.3, -0.25) is 0 Å². The van der Waals surface area contributed by atoms with E-state index in [0.29, 0.717) is 31.4 Å². The van der Waals surface area contributed by atoms with Crippen LogP contribution in [0.2, 0.25) is 0 Å². The summed E-state index contributed by atoms with van der Waals surface area (Å²) in [7, 11) is 0. The average molecular weight is 529 g/mol. The van der Waals surface area contributed by atoms with Crippen molar-refractivity contribution in [1.82, 2.24) is 0 Å². The van der Waals surface area contributed by atoms with Crippen molar-refractivity contribution in [2.45, 2.75) is 88.2 Å². The molecule has 2 N–H and O–H groups in total. The molecule has 0 aromatic heterocycles. The molecule has 206 valence electrons. The number of aliphatic hydroxyl groups excluding tert-OH is 2. The third-order valence-corrected chi connectivity index (χ3v) is 10.1. The van der Waals surface area contributed by atoms with Crippen LogP contribution < -0.4 is 0 Å². The predicted octanol–water partition coefficient (Wildman–Crippen LogP) is 2.07. The number of carbonyl (C=O) groups excluding carboxylic acids is 2. The first-order chi connectivity index (χ1) is 18.1. The second kappa shape index (κ2) is 8.86. The average Bonchev–Trinajstić information content (AvgIpc) is 3.65. The van der Waals surface area contributed by atoms with Crippen molar-refractivity contribution in [3.63, 3.8) is 0 Å². The smallest absolute Gasteiger partial charge is 0.331 e. The first-order valence-electron chi connectivity index (χ1n) is 13.5. The summed E-state index contributed by atoms with van der Waals surface area (Å²) >= 11 is 0. The van der Waals surface area contributed by atoms with E-state index in [1.807, 2.05) is 0 Å². The van der Waals surface area contributed by atoms with Gasteiger partial charge in [0.15, 0.2) is 0 Å². The van der Waals surface area contributed by atoms with E-state index in [9.17, 15) is 19.8 Å². The van der Waals surface area contributed by atoms with Gasteiger partial charge < -0.3 is 33.9 Å². The predicted molar refractivity (Wildman–Crippen MR) is 134 cm³/mol. The molecule has 0 aromatic carbocycles. The summed E-state index contributed by atoms with van der Waals surface area (Å²) in [6.07, 6.45) is 8.21. The van der Waals surface area contributed by atoms with Gasteiger partial charge in [0.25, 0.3) is 0 Å². The van der Waals surface area contributed by atoms with Crippen molar-refractivity contribution < 1.29 is 43.5 Å². The number of cyclic esters (lactones) is 1. The number of epoxide rings is 1. The Morgan fingerprint density at radius 3 is 2.61 bits per heavy atom. The molecule has 2 aliphatic carbocycles. The lowest BCUT2D eigenvalue weighted by molar-refractivity contribution is -0.232. The van der Waals surface area contributed by atoms with Gasteiger partial charge in [-0.1, -0.05) is 30.7 Å². The van der Waals surface area contributed by atoms with Crippen LogP contribution in [0.3, 0.4) is 0 Å². The Labute approximate surface area is 222 Å². The number of hydrogen-bond acceptors (Lipinski definition) is 9. The highest BCUT2D eigenvalue weighted by molar-refractivity contribution is 5.83. The lowest BCUT2D eigenvalue weighted by atomic mass is 9.51. The number of rotatable bonds is 1. The second-order valence-electron chi connectivity index (χ2n) is 11.8. The number of allylic oxidation sites excluding steroid dienone is 3. The lowest BCUT2D eigenvalue weighted by Crippen LogP contribution is -2.66. The summed E-state index contributed by atoms with van der Waals surface area (Å²) in [5.41, 5.74) is -1.76. The summed E-state index contributed by atoms with van der Waals surface area (Å²) in [5.74, 6) is -1.10. The van der Waals surface area contributed by atoms with Crippen LogP contribution in [0.1, 0.15) is 46.5 Å². The van der Waals surface area contributed by atoms with E-state index in [-0.39, 0.29) is 25.4 Å². The van der Waals surface area contributed by atoms with Gasteiger partial charge >= 0.3 is 11.9 Å². The van der Waals surface area contributed by atoms with E-state index in [1.165, 1.54) is 36.8 Å². The minimum absolute atomic E-state index is 0.0519. The van der Waals surface area contributed by atoms with Gasteiger partial charge in [0, 0.05) is 24.0 Å². The number of fused-ring (bicyclic) bond motifs is 2. The van der Waals surface area contributed by atoms with E-state index in [0.717, 1.165) is 6.42 Å². The summed E-state index contributed by atoms with van der Waals surface area (Å²) < 4.78 is 30.6. The molecule has 3 saturated heterocycles. The quantitative estimate of drug-likeness (QED) is 0.299. The first-order valence-corrected chi connectivity index (χ1v) is 13.5. The normalized spacial score (nSPS) is 50.0. The SMILES string of the molecule is CC1=C[C@H]2O[C@@H]3C[C@H]4OC(=O)/C=C\C=C\[C@]5([C@H](C)O)OCC/C(=C\C(=O)OC[C@@]2(CC1)[C@]4(C)[C@]31CO1)C5O. The van der Waals surface area contributed by atoms with Crippen LogP contribution in [0.25, 0.3) is 0 Å². The maximum absolute atomic E-state index is 13.2. The van der Waals surface area contributed by atoms with Crippen molar-refractivity contribution in [2.24, 2.45) is 10.8 Å². The Morgan fingerprint density at radius 2 is 1.87 bits per heavy atom. The van der Waals surface area contributed by atoms with Gasteiger partial charge in [0.05, 0.1) is 36.9 Å². The molecule has 1 unspecified atom stereocenters. The Balaban J connectivity index is 1.44. The fraction of sp³-hybridized carbons (Fsp3) is 0.655. The highest BCUT2D eigenvalue weighted by Crippen LogP contribution is 2.72. The molecule has 4 aliphatic heterocycles. The van der Waals surface area contributed by atoms with Crippen LogP contribution in [-0.2, 0) is 33.3 Å². The van der Waals surface area contributed by atoms with Crippen molar-refractivity contribution >= 4 is 11.9 Å². The fourth-order valence-electron chi connectivity index (χ4n) is 7.68. The number of esters is 2. The van der Waals surface area contributed by atoms with Gasteiger partial charge in [0.1, 0.15) is 30.0 Å². The van der Waals surface area contributed by atoms with Gasteiger partial charge in [-0.2, -0.15) is 0 Å². The molecule has 9 heteroatoms. The molecule has 0 aromatic rings. The molecule has 0 amide bonds. The second-order valence-corrected chi connectivity index (χ2v) is 11.8. The lowest BCUT2D eigenvalue weighted by Gasteiger charge is -2.58. The number of ether oxygens (including phenoxy) is 5. The zero-order valence-electron chi connectivity index (χ0n) is 22.1. The molecule has 9 atom stereocenters. The zero-order chi connectivity index (χ0) is 26.9. The summed E-state index contributed by atoms with van der Waals surface area (Å²) in [6, 6.07) is 0. The van der Waals surface area contributed by atoms with Crippen LogP contribution in [0.5, 0.6) is 0 Å². The Kier molecular flexibility index (Phi) is 6.05. The maximum atomic E-state index is 13.2. The van der Waals surface area contributed by atoms with E-state index in [1.54, 1.807) is 6.08 Å². The van der Waals surface area contributed by atoms with Crippen molar-refractivity contribution in [1.29, 1.82) is 0 Å². The molecule has 0 radical (unpaired) electrons. The third kappa shape index (κ3) is 3.48. The molecule has 4 fully saturated rings. The van der Waals surface area contributed by atoms with Crippen LogP contribution in [0, 0.1) is 10.8 Å². The minimum Gasteiger partial charge on any atom is -0.462 e. The summed E-state index contributed by atoms with van der Waals surface area (Å²) in [4.78, 5) is 26.2. The van der Waals surface area contributed by atoms with E-state index in [2.05, 4.69) is 19.9 Å². The van der Waals surface area contributed by atoms with Crippen molar-refractivity contribution in [2.75, 3.05) is 19.8 Å². The van der Waals surface area contributed by atoms with Gasteiger partial charge in [0.2, 0.25) is 0 Å². The molecule has 6 rings (SSSR count). The molecular formula is C29H36O9. The van der Waals surface area contributed by atoms with Gasteiger partial charge in [-0.15, -0.1) is 0 Å². The molecule has 1 saturated carbocycles. The van der Waals surface area contributed by atoms with Gasteiger partial charge in [-0.25, -0.2) is 9.59 Å². The number of aliphatic hydroxyl groups is 2. The molecule has 38 heavy (non-hydrogen) atoms. The Hall–Kier alpha value is -2.30. The van der Waals surface area contributed by atoms with E-state index >= 15 is 0 Å². The topological polar surface area (TPSA) is 124 Å². The minimum atomic E-state index is -1.47. The molecule has 6 aliphatic rings. The van der Waals surface area contributed by atoms with Crippen LogP contribution >= 0.6 is 0 Å². The Bertz CT molecular complexity index is 1150. The standard InChI is InChI=1S/C29H36O9/c1-17-7-10-27-15-34-24(32)13-19-8-11-35-28(18(2)30,25(19)33)9-5-4-6-23(31)38-20-14-22(37-21(27)12-17)29(16-36-29)26(20,27)3/h4-6,9,12-13,18,20-22,25,30,33H,7-8,10-11,14-16H2,1-3H3/b6-4-,9-5+,19-13+/t18-,20+,21+,22+,25?,26+,27+,28+,29-/m0/s1. The van der Waals surface area contributed by atoms with Crippen molar-refractivity contribution in [3.05, 3.63) is 47.6 Å². The van der Waals surface area contributed by atoms with E-state index < -0.39 is 52.3 Å². The Morgan fingerprint density at radius 1 is 1.08 bits per heavy atom. The fourth-order valence-corrected chi connectivity index (χ4v) is 7.68. The maximum Gasteiger partial charge on any atom is 0.331 e. The first kappa shape index (κ1) is 26.0. The van der Waals surface area contributed by atoms with Gasteiger partial charge in [-0.05, 0) is 44.8 Å². The largest absolute Gasteiger partial charge is 0.462 e. The molecule has 2 spiro atoms. The number of carbonyl (C=O) groups is 2. The molecule has 4 bridgehead atoms. The summed E-state index contributed by atoms with van der Waals surface area (Å²) in [6.45, 7) is 6.43. The number of hydrogen-bond donors (Lipinski definition) is 2.